The van der Waals surface area contributed by atoms with Gasteiger partial charge in [0.2, 0.25) is 0 Å². The summed E-state index contributed by atoms with van der Waals surface area (Å²) < 4.78 is 5.67. The van der Waals surface area contributed by atoms with Gasteiger partial charge in [0.1, 0.15) is 5.75 Å². The van der Waals surface area contributed by atoms with Crippen LogP contribution in [0.3, 0.4) is 0 Å². The molecule has 0 saturated carbocycles. The van der Waals surface area contributed by atoms with E-state index in [1.54, 1.807) is 36.4 Å². The summed E-state index contributed by atoms with van der Waals surface area (Å²) in [7, 11) is 1.52. The van der Waals surface area contributed by atoms with E-state index < -0.39 is 0 Å². The normalized spacial score (nSPS) is 10.2. The second-order valence-corrected chi connectivity index (χ2v) is 5.21. The Balaban J connectivity index is 2.26. The molecule has 0 aliphatic heterocycles. The van der Waals surface area contributed by atoms with Crippen LogP contribution in [0.25, 0.3) is 0 Å². The minimum Gasteiger partial charge on any atom is -0.495 e. The van der Waals surface area contributed by atoms with E-state index in [9.17, 15) is 4.79 Å². The summed E-state index contributed by atoms with van der Waals surface area (Å²) in [5.41, 5.74) is 7.30. The predicted octanol–water partition coefficient (Wildman–Crippen LogP) is 3.95. The molecule has 0 atom stereocenters. The second-order valence-electron chi connectivity index (χ2n) is 4.01. The van der Waals surface area contributed by atoms with Crippen molar-refractivity contribution in [3.05, 3.63) is 51.5 Å². The zero-order chi connectivity index (χ0) is 14.7. The largest absolute Gasteiger partial charge is 0.495 e. The Hall–Kier alpha value is -1.72. The summed E-state index contributed by atoms with van der Waals surface area (Å²) in [6.45, 7) is 0. The van der Waals surface area contributed by atoms with E-state index in [0.29, 0.717) is 32.2 Å². The number of hydrogen-bond acceptors (Lipinski definition) is 3. The SMILES string of the molecule is COc1cc(NC(=O)c2cccc(N)c2Br)ccc1Cl. The molecule has 2 rings (SSSR count). The molecule has 1 amide bonds. The Bertz CT molecular complexity index is 662. The maximum atomic E-state index is 12.2. The average molecular weight is 356 g/mol. The van der Waals surface area contributed by atoms with Crippen molar-refractivity contribution < 1.29 is 9.53 Å². The van der Waals surface area contributed by atoms with Gasteiger partial charge in [0.25, 0.3) is 5.91 Å². The number of nitrogen functional groups attached to an aromatic ring is 1. The number of amides is 1. The molecular weight excluding hydrogens is 344 g/mol. The highest BCUT2D eigenvalue weighted by Crippen LogP contribution is 2.29. The van der Waals surface area contributed by atoms with Crippen LogP contribution >= 0.6 is 27.5 Å². The van der Waals surface area contributed by atoms with Gasteiger partial charge in [0, 0.05) is 17.4 Å². The molecule has 0 aliphatic rings. The van der Waals surface area contributed by atoms with Crippen LogP contribution in [-0.2, 0) is 0 Å². The molecule has 0 saturated heterocycles. The molecule has 0 fully saturated rings. The number of ether oxygens (including phenoxy) is 1. The van der Waals surface area contributed by atoms with E-state index in [0.717, 1.165) is 0 Å². The molecular formula is C14H12BrClN2O2. The number of nitrogens with two attached hydrogens (primary N) is 1. The van der Waals surface area contributed by atoms with Crippen molar-refractivity contribution in [2.24, 2.45) is 0 Å². The Morgan fingerprint density at radius 2 is 2.10 bits per heavy atom. The number of carbonyl (C=O) groups excluding carboxylic acids is 1. The van der Waals surface area contributed by atoms with Crippen LogP contribution in [0.1, 0.15) is 10.4 Å². The van der Waals surface area contributed by atoms with Crippen LogP contribution in [0.5, 0.6) is 5.75 Å². The third kappa shape index (κ3) is 3.05. The van der Waals surface area contributed by atoms with E-state index >= 15 is 0 Å². The van der Waals surface area contributed by atoms with Gasteiger partial charge < -0.3 is 15.8 Å². The zero-order valence-electron chi connectivity index (χ0n) is 10.6. The first kappa shape index (κ1) is 14.7. The molecule has 0 aliphatic carbocycles. The third-order valence-corrected chi connectivity index (χ3v) is 3.88. The fourth-order valence-electron chi connectivity index (χ4n) is 1.66. The molecule has 104 valence electrons. The van der Waals surface area contributed by atoms with Gasteiger partial charge in [-0.1, -0.05) is 17.7 Å². The summed E-state index contributed by atoms with van der Waals surface area (Å²) in [6, 6.07) is 10.1. The molecule has 3 N–H and O–H groups in total. The Labute approximate surface area is 130 Å². The van der Waals surface area contributed by atoms with Gasteiger partial charge in [-0.15, -0.1) is 0 Å². The summed E-state index contributed by atoms with van der Waals surface area (Å²) in [5, 5.41) is 3.25. The number of methoxy groups -OCH3 is 1. The smallest absolute Gasteiger partial charge is 0.256 e. The Kier molecular flexibility index (Phi) is 4.52. The van der Waals surface area contributed by atoms with Gasteiger partial charge >= 0.3 is 0 Å². The number of carbonyl (C=O) groups is 1. The highest BCUT2D eigenvalue weighted by atomic mass is 79.9. The minimum absolute atomic E-state index is 0.270. The van der Waals surface area contributed by atoms with Crippen LogP contribution < -0.4 is 15.8 Å². The maximum absolute atomic E-state index is 12.2. The fourth-order valence-corrected chi connectivity index (χ4v) is 2.30. The standard InChI is InChI=1S/C14H12BrClN2O2/c1-20-12-7-8(5-6-10(12)16)18-14(19)9-3-2-4-11(17)13(9)15/h2-7H,17H2,1H3,(H,18,19). The van der Waals surface area contributed by atoms with Gasteiger partial charge in [-0.3, -0.25) is 4.79 Å². The number of hydrogen-bond donors (Lipinski definition) is 2. The number of halogens is 2. The Morgan fingerprint density at radius 1 is 1.35 bits per heavy atom. The first-order valence-electron chi connectivity index (χ1n) is 5.72. The van der Waals surface area contributed by atoms with Gasteiger partial charge in [0.15, 0.2) is 0 Å². The maximum Gasteiger partial charge on any atom is 0.256 e. The molecule has 0 radical (unpaired) electrons. The second kappa shape index (κ2) is 6.15. The molecule has 0 unspecified atom stereocenters. The summed E-state index contributed by atoms with van der Waals surface area (Å²) in [5.74, 6) is 0.227. The quantitative estimate of drug-likeness (QED) is 0.820. The number of rotatable bonds is 3. The Morgan fingerprint density at radius 3 is 2.80 bits per heavy atom. The van der Waals surface area contributed by atoms with E-state index in [2.05, 4.69) is 21.2 Å². The van der Waals surface area contributed by atoms with Crippen molar-refractivity contribution in [2.45, 2.75) is 0 Å². The summed E-state index contributed by atoms with van der Waals surface area (Å²) >= 11 is 9.24. The highest BCUT2D eigenvalue weighted by Gasteiger charge is 2.12. The number of anilines is 2. The van der Waals surface area contributed by atoms with Crippen LogP contribution in [0, 0.1) is 0 Å². The molecule has 20 heavy (non-hydrogen) atoms. The molecule has 0 bridgehead atoms. The molecule has 0 heterocycles. The van der Waals surface area contributed by atoms with Crippen molar-refractivity contribution in [3.8, 4) is 5.75 Å². The fraction of sp³-hybridized carbons (Fsp3) is 0.0714. The van der Waals surface area contributed by atoms with Crippen molar-refractivity contribution in [1.29, 1.82) is 0 Å². The molecule has 2 aromatic rings. The lowest BCUT2D eigenvalue weighted by molar-refractivity contribution is 0.102. The van der Waals surface area contributed by atoms with Crippen LogP contribution in [0.2, 0.25) is 5.02 Å². The van der Waals surface area contributed by atoms with Crippen molar-refractivity contribution in [2.75, 3.05) is 18.2 Å². The van der Waals surface area contributed by atoms with Gasteiger partial charge in [-0.05, 0) is 40.2 Å². The molecule has 2 aromatic carbocycles. The lowest BCUT2D eigenvalue weighted by atomic mass is 10.2. The zero-order valence-corrected chi connectivity index (χ0v) is 13.0. The third-order valence-electron chi connectivity index (χ3n) is 2.68. The van der Waals surface area contributed by atoms with E-state index in [1.807, 2.05) is 0 Å². The highest BCUT2D eigenvalue weighted by molar-refractivity contribution is 9.10. The molecule has 0 aromatic heterocycles. The molecule has 0 spiro atoms. The van der Waals surface area contributed by atoms with Crippen molar-refractivity contribution >= 4 is 44.8 Å². The average Bonchev–Trinajstić information content (AvgIpc) is 2.43. The van der Waals surface area contributed by atoms with E-state index in [-0.39, 0.29) is 5.91 Å². The number of nitrogens with one attached hydrogen (secondary N) is 1. The van der Waals surface area contributed by atoms with Gasteiger partial charge in [0.05, 0.1) is 22.2 Å². The van der Waals surface area contributed by atoms with Crippen LogP contribution in [-0.4, -0.2) is 13.0 Å². The lowest BCUT2D eigenvalue weighted by Crippen LogP contribution is -2.13. The van der Waals surface area contributed by atoms with E-state index in [1.165, 1.54) is 7.11 Å². The monoisotopic (exact) mass is 354 g/mol. The van der Waals surface area contributed by atoms with Crippen molar-refractivity contribution in [3.63, 3.8) is 0 Å². The molecule has 6 heteroatoms. The van der Waals surface area contributed by atoms with Crippen LogP contribution in [0.4, 0.5) is 11.4 Å². The van der Waals surface area contributed by atoms with Crippen LogP contribution in [0.15, 0.2) is 40.9 Å². The van der Waals surface area contributed by atoms with Crippen molar-refractivity contribution in [1.82, 2.24) is 0 Å². The minimum atomic E-state index is -0.270. The van der Waals surface area contributed by atoms with E-state index in [4.69, 9.17) is 22.1 Å². The first-order chi connectivity index (χ1) is 9.52. The topological polar surface area (TPSA) is 64.3 Å². The first-order valence-corrected chi connectivity index (χ1v) is 6.89. The number of benzene rings is 2. The summed E-state index contributed by atoms with van der Waals surface area (Å²) in [6.07, 6.45) is 0. The van der Waals surface area contributed by atoms with Gasteiger partial charge in [-0.25, -0.2) is 0 Å². The lowest BCUT2D eigenvalue weighted by Gasteiger charge is -2.10. The summed E-state index contributed by atoms with van der Waals surface area (Å²) in [4.78, 5) is 12.2. The molecule has 4 nitrogen and oxygen atoms in total. The van der Waals surface area contributed by atoms with Gasteiger partial charge in [-0.2, -0.15) is 0 Å². The predicted molar refractivity (Wildman–Crippen MR) is 84.5 cm³/mol.